The number of aromatic nitrogens is 2. The first kappa shape index (κ1) is 13.6. The third kappa shape index (κ3) is 3.12. The lowest BCUT2D eigenvalue weighted by Gasteiger charge is -2.14. The summed E-state index contributed by atoms with van der Waals surface area (Å²) < 4.78 is 31.8. The van der Waals surface area contributed by atoms with E-state index in [-0.39, 0.29) is 10.9 Å². The number of sulfonamides is 1. The van der Waals surface area contributed by atoms with Gasteiger partial charge in [-0.1, -0.05) is 12.1 Å². The fourth-order valence-corrected chi connectivity index (χ4v) is 2.80. The number of rotatable bonds is 5. The highest BCUT2D eigenvalue weighted by Crippen LogP contribution is 2.20. The van der Waals surface area contributed by atoms with Crippen LogP contribution < -0.4 is 9.46 Å². The maximum Gasteiger partial charge on any atom is 0.244 e. The van der Waals surface area contributed by atoms with E-state index < -0.39 is 10.0 Å². The number of nitrogens with zero attached hydrogens (tertiary/aromatic N) is 1. The molecule has 19 heavy (non-hydrogen) atoms. The molecule has 0 amide bonds. The van der Waals surface area contributed by atoms with Crippen LogP contribution >= 0.6 is 0 Å². The molecule has 2 N–H and O–H groups in total. The zero-order chi connectivity index (χ0) is 13.9. The van der Waals surface area contributed by atoms with Crippen molar-refractivity contribution in [3.05, 3.63) is 42.2 Å². The normalized spacial score (nSPS) is 13.2. The molecule has 0 aliphatic rings. The minimum atomic E-state index is -3.57. The summed E-state index contributed by atoms with van der Waals surface area (Å²) in [6.45, 7) is 1.77. The summed E-state index contributed by atoms with van der Waals surface area (Å²) >= 11 is 0. The molecule has 1 aromatic carbocycles. The number of H-pyrrole nitrogens is 1. The highest BCUT2D eigenvalue weighted by Gasteiger charge is 2.19. The van der Waals surface area contributed by atoms with Gasteiger partial charge in [0, 0.05) is 12.2 Å². The second kappa shape index (κ2) is 5.41. The zero-order valence-electron chi connectivity index (χ0n) is 10.6. The smallest absolute Gasteiger partial charge is 0.244 e. The molecule has 2 rings (SSSR count). The van der Waals surface area contributed by atoms with Crippen molar-refractivity contribution >= 4 is 10.0 Å². The van der Waals surface area contributed by atoms with Crippen LogP contribution in [0.5, 0.6) is 5.75 Å². The largest absolute Gasteiger partial charge is 0.497 e. The molecule has 1 aromatic heterocycles. The Morgan fingerprint density at radius 3 is 2.84 bits per heavy atom. The summed E-state index contributed by atoms with van der Waals surface area (Å²) in [7, 11) is -2.00. The van der Waals surface area contributed by atoms with Crippen molar-refractivity contribution < 1.29 is 13.2 Å². The van der Waals surface area contributed by atoms with Crippen LogP contribution in [0.25, 0.3) is 0 Å². The second-order valence-electron chi connectivity index (χ2n) is 4.05. The molecule has 1 atom stereocenters. The standard InChI is InChI=1S/C12H15N3O3S/c1-9(10-4-3-5-11(6-10)18-2)15-19(16,17)12-7-13-14-8-12/h3-9,15H,1-2H3,(H,13,14). The summed E-state index contributed by atoms with van der Waals surface area (Å²) in [5, 5.41) is 6.11. The van der Waals surface area contributed by atoms with Gasteiger partial charge in [0.1, 0.15) is 10.6 Å². The number of aromatic amines is 1. The van der Waals surface area contributed by atoms with Gasteiger partial charge in [-0.2, -0.15) is 5.10 Å². The molecule has 0 bridgehead atoms. The highest BCUT2D eigenvalue weighted by molar-refractivity contribution is 7.89. The van der Waals surface area contributed by atoms with E-state index in [4.69, 9.17) is 4.74 Å². The van der Waals surface area contributed by atoms with Crippen LogP contribution in [-0.4, -0.2) is 25.7 Å². The predicted octanol–water partition coefficient (Wildman–Crippen LogP) is 1.46. The van der Waals surface area contributed by atoms with Gasteiger partial charge >= 0.3 is 0 Å². The Morgan fingerprint density at radius 1 is 1.42 bits per heavy atom. The van der Waals surface area contributed by atoms with E-state index in [0.717, 1.165) is 5.56 Å². The van der Waals surface area contributed by atoms with Gasteiger partial charge in [0.25, 0.3) is 0 Å². The van der Waals surface area contributed by atoms with Gasteiger partial charge in [-0.15, -0.1) is 0 Å². The van der Waals surface area contributed by atoms with E-state index in [1.807, 2.05) is 12.1 Å². The number of hydrogen-bond acceptors (Lipinski definition) is 4. The first-order valence-corrected chi connectivity index (χ1v) is 7.16. The van der Waals surface area contributed by atoms with Crippen LogP contribution in [0.15, 0.2) is 41.6 Å². The number of nitrogens with one attached hydrogen (secondary N) is 2. The van der Waals surface area contributed by atoms with Crippen LogP contribution in [0.4, 0.5) is 0 Å². The van der Waals surface area contributed by atoms with E-state index in [9.17, 15) is 8.42 Å². The molecule has 0 radical (unpaired) electrons. The van der Waals surface area contributed by atoms with Crippen LogP contribution in [0.2, 0.25) is 0 Å². The van der Waals surface area contributed by atoms with Gasteiger partial charge in [-0.05, 0) is 24.6 Å². The Bertz CT molecular complexity index is 638. The van der Waals surface area contributed by atoms with E-state index in [2.05, 4.69) is 14.9 Å². The average Bonchev–Trinajstić information content (AvgIpc) is 2.93. The lowest BCUT2D eigenvalue weighted by atomic mass is 10.1. The topological polar surface area (TPSA) is 84.1 Å². The molecule has 2 aromatic rings. The van der Waals surface area contributed by atoms with Crippen molar-refractivity contribution in [2.24, 2.45) is 0 Å². The first-order chi connectivity index (χ1) is 9.03. The average molecular weight is 281 g/mol. The molecule has 7 heteroatoms. The molecule has 0 aliphatic heterocycles. The third-order valence-electron chi connectivity index (χ3n) is 2.71. The van der Waals surface area contributed by atoms with E-state index in [1.54, 1.807) is 26.2 Å². The fourth-order valence-electron chi connectivity index (χ4n) is 1.67. The van der Waals surface area contributed by atoms with E-state index in [0.29, 0.717) is 5.75 Å². The molecule has 6 nitrogen and oxygen atoms in total. The second-order valence-corrected chi connectivity index (χ2v) is 5.77. The molecule has 102 valence electrons. The van der Waals surface area contributed by atoms with Crippen molar-refractivity contribution in [3.63, 3.8) is 0 Å². The van der Waals surface area contributed by atoms with Crippen LogP contribution in [0.3, 0.4) is 0 Å². The first-order valence-electron chi connectivity index (χ1n) is 5.68. The Morgan fingerprint density at radius 2 is 2.21 bits per heavy atom. The van der Waals surface area contributed by atoms with Crippen molar-refractivity contribution in [1.82, 2.24) is 14.9 Å². The van der Waals surface area contributed by atoms with Crippen molar-refractivity contribution in [2.75, 3.05) is 7.11 Å². The molecule has 0 saturated heterocycles. The third-order valence-corrected chi connectivity index (χ3v) is 4.22. The summed E-state index contributed by atoms with van der Waals surface area (Å²) in [4.78, 5) is 0.113. The lowest BCUT2D eigenvalue weighted by Crippen LogP contribution is -2.26. The summed E-state index contributed by atoms with van der Waals surface area (Å²) in [6.07, 6.45) is 2.60. The Kier molecular flexibility index (Phi) is 3.87. The maximum atomic E-state index is 12.0. The SMILES string of the molecule is COc1cccc(C(C)NS(=O)(=O)c2cn[nH]c2)c1. The van der Waals surface area contributed by atoms with Crippen molar-refractivity contribution in [1.29, 1.82) is 0 Å². The minimum absolute atomic E-state index is 0.113. The summed E-state index contributed by atoms with van der Waals surface area (Å²) in [5.74, 6) is 0.687. The monoisotopic (exact) mass is 281 g/mol. The predicted molar refractivity (Wildman–Crippen MR) is 70.3 cm³/mol. The number of hydrogen-bond donors (Lipinski definition) is 2. The van der Waals surface area contributed by atoms with Crippen molar-refractivity contribution in [3.8, 4) is 5.75 Å². The molecular formula is C12H15N3O3S. The van der Waals surface area contributed by atoms with Gasteiger partial charge in [0.2, 0.25) is 10.0 Å². The maximum absolute atomic E-state index is 12.0. The van der Waals surface area contributed by atoms with Gasteiger partial charge in [0.15, 0.2) is 0 Å². The number of benzene rings is 1. The molecule has 0 fully saturated rings. The van der Waals surface area contributed by atoms with Crippen LogP contribution in [0.1, 0.15) is 18.5 Å². The Balaban J connectivity index is 2.19. The molecule has 0 saturated carbocycles. The van der Waals surface area contributed by atoms with Gasteiger partial charge in [-0.25, -0.2) is 13.1 Å². The van der Waals surface area contributed by atoms with Crippen molar-refractivity contribution in [2.45, 2.75) is 17.9 Å². The summed E-state index contributed by atoms with van der Waals surface area (Å²) in [6, 6.07) is 6.89. The molecule has 0 aliphatic carbocycles. The van der Waals surface area contributed by atoms with E-state index in [1.165, 1.54) is 12.4 Å². The van der Waals surface area contributed by atoms with Crippen LogP contribution in [-0.2, 0) is 10.0 Å². The molecule has 1 heterocycles. The lowest BCUT2D eigenvalue weighted by molar-refractivity contribution is 0.413. The number of ether oxygens (including phenoxy) is 1. The van der Waals surface area contributed by atoms with Crippen LogP contribution in [0, 0.1) is 0 Å². The zero-order valence-corrected chi connectivity index (χ0v) is 11.4. The Labute approximate surface area is 111 Å². The molecule has 1 unspecified atom stereocenters. The fraction of sp³-hybridized carbons (Fsp3) is 0.250. The molecular weight excluding hydrogens is 266 g/mol. The summed E-state index contributed by atoms with van der Waals surface area (Å²) in [5.41, 5.74) is 0.825. The quantitative estimate of drug-likeness (QED) is 0.869. The van der Waals surface area contributed by atoms with Gasteiger partial charge in [0.05, 0.1) is 13.3 Å². The Hall–Kier alpha value is -1.86. The molecule has 0 spiro atoms. The number of methoxy groups -OCH3 is 1. The van der Waals surface area contributed by atoms with Gasteiger partial charge in [-0.3, -0.25) is 5.10 Å². The minimum Gasteiger partial charge on any atom is -0.497 e. The van der Waals surface area contributed by atoms with E-state index >= 15 is 0 Å². The highest BCUT2D eigenvalue weighted by atomic mass is 32.2. The van der Waals surface area contributed by atoms with Gasteiger partial charge < -0.3 is 4.74 Å².